The van der Waals surface area contributed by atoms with Crippen molar-refractivity contribution in [1.29, 1.82) is 0 Å². The van der Waals surface area contributed by atoms with Gasteiger partial charge in [0.2, 0.25) is 10.0 Å². The van der Waals surface area contributed by atoms with Crippen molar-refractivity contribution in [2.24, 2.45) is 11.7 Å². The maximum absolute atomic E-state index is 12.6. The first-order valence-corrected chi connectivity index (χ1v) is 8.79. The normalized spacial score (nSPS) is 19.9. The van der Waals surface area contributed by atoms with Crippen LogP contribution in [0.2, 0.25) is 5.02 Å². The summed E-state index contributed by atoms with van der Waals surface area (Å²) in [6.45, 7) is 2.13. The van der Waals surface area contributed by atoms with E-state index in [1.165, 1.54) is 10.4 Å². The summed E-state index contributed by atoms with van der Waals surface area (Å²) in [5.41, 5.74) is 6.27. The summed E-state index contributed by atoms with van der Waals surface area (Å²) in [5, 5.41) is 0.382. The van der Waals surface area contributed by atoms with Crippen LogP contribution in [0.4, 0.5) is 0 Å². The highest BCUT2D eigenvalue weighted by Crippen LogP contribution is 2.24. The molecule has 0 aliphatic carbocycles. The second-order valence-corrected chi connectivity index (χ2v) is 7.78. The van der Waals surface area contributed by atoms with Crippen molar-refractivity contribution >= 4 is 21.6 Å². The van der Waals surface area contributed by atoms with Gasteiger partial charge in [-0.25, -0.2) is 12.7 Å². The van der Waals surface area contributed by atoms with E-state index in [0.29, 0.717) is 18.2 Å². The zero-order chi connectivity index (χ0) is 15.5. The molecule has 2 rings (SSSR count). The number of halogens is 1. The molecule has 1 aliphatic rings. The molecule has 1 fully saturated rings. The summed E-state index contributed by atoms with van der Waals surface area (Å²) in [6.07, 6.45) is 1.97. The number of hydrogen-bond acceptors (Lipinski definition) is 4. The average Bonchev–Trinajstić information content (AvgIpc) is 2.48. The molecule has 1 heterocycles. The van der Waals surface area contributed by atoms with Crippen molar-refractivity contribution in [3.8, 4) is 0 Å². The number of ether oxygens (including phenoxy) is 1. The fraction of sp³-hybridized carbons (Fsp3) is 0.571. The first kappa shape index (κ1) is 16.7. The molecule has 1 saturated heterocycles. The molecule has 1 aromatic rings. The fourth-order valence-electron chi connectivity index (χ4n) is 2.45. The lowest BCUT2D eigenvalue weighted by atomic mass is 10.0. The van der Waals surface area contributed by atoms with Crippen molar-refractivity contribution in [2.45, 2.75) is 24.3 Å². The predicted molar refractivity (Wildman–Crippen MR) is 82.7 cm³/mol. The lowest BCUT2D eigenvalue weighted by Gasteiger charge is -2.26. The lowest BCUT2D eigenvalue weighted by molar-refractivity contribution is 0.0495. The van der Waals surface area contributed by atoms with Gasteiger partial charge in [0.15, 0.2) is 0 Å². The van der Waals surface area contributed by atoms with Crippen LogP contribution in [0.15, 0.2) is 23.1 Å². The van der Waals surface area contributed by atoms with Crippen LogP contribution in [-0.2, 0) is 21.3 Å². The highest BCUT2D eigenvalue weighted by Gasteiger charge is 2.25. The van der Waals surface area contributed by atoms with E-state index < -0.39 is 10.0 Å². The number of sulfonamides is 1. The number of rotatable bonds is 5. The molecule has 0 radical (unpaired) electrons. The predicted octanol–water partition coefficient (Wildman–Crippen LogP) is 1.85. The molecule has 1 atom stereocenters. The highest BCUT2D eigenvalue weighted by molar-refractivity contribution is 7.89. The molecule has 7 heteroatoms. The number of hydrogen-bond donors (Lipinski definition) is 1. The first-order chi connectivity index (χ1) is 9.95. The highest BCUT2D eigenvalue weighted by atomic mass is 35.5. The Hall–Kier alpha value is -0.660. The van der Waals surface area contributed by atoms with E-state index in [1.807, 2.05) is 0 Å². The van der Waals surface area contributed by atoms with Crippen molar-refractivity contribution in [1.82, 2.24) is 4.31 Å². The second kappa shape index (κ2) is 7.07. The topological polar surface area (TPSA) is 72.6 Å². The molecule has 0 amide bonds. The molecule has 5 nitrogen and oxygen atoms in total. The lowest BCUT2D eigenvalue weighted by Crippen LogP contribution is -2.35. The van der Waals surface area contributed by atoms with Gasteiger partial charge in [-0.3, -0.25) is 0 Å². The molecule has 1 aliphatic heterocycles. The number of nitrogens with two attached hydrogens (primary N) is 1. The van der Waals surface area contributed by atoms with Crippen LogP contribution in [0.25, 0.3) is 0 Å². The Kier molecular flexibility index (Phi) is 5.62. The van der Waals surface area contributed by atoms with E-state index in [4.69, 9.17) is 22.1 Å². The van der Waals surface area contributed by atoms with Crippen molar-refractivity contribution in [3.63, 3.8) is 0 Å². The van der Waals surface area contributed by atoms with Gasteiger partial charge in [-0.2, -0.15) is 0 Å². The van der Waals surface area contributed by atoms with Crippen LogP contribution in [0.3, 0.4) is 0 Å². The Morgan fingerprint density at radius 2 is 2.24 bits per heavy atom. The summed E-state index contributed by atoms with van der Waals surface area (Å²) >= 11 is 6.05. The summed E-state index contributed by atoms with van der Waals surface area (Å²) in [5.74, 6) is 0.248. The molecule has 2 N–H and O–H groups in total. The van der Waals surface area contributed by atoms with Crippen LogP contribution < -0.4 is 5.73 Å². The summed E-state index contributed by atoms with van der Waals surface area (Å²) < 4.78 is 31.9. The van der Waals surface area contributed by atoms with Crippen LogP contribution in [0, 0.1) is 5.92 Å². The van der Waals surface area contributed by atoms with E-state index in [9.17, 15) is 8.42 Å². The van der Waals surface area contributed by atoms with Crippen LogP contribution in [-0.4, -0.2) is 39.5 Å². The van der Waals surface area contributed by atoms with Gasteiger partial charge in [0, 0.05) is 31.8 Å². The van der Waals surface area contributed by atoms with Gasteiger partial charge in [0.25, 0.3) is 0 Å². The largest absolute Gasteiger partial charge is 0.381 e. The third kappa shape index (κ3) is 3.96. The monoisotopic (exact) mass is 332 g/mol. The minimum atomic E-state index is -3.53. The Morgan fingerprint density at radius 3 is 2.81 bits per heavy atom. The van der Waals surface area contributed by atoms with E-state index >= 15 is 0 Å². The zero-order valence-corrected chi connectivity index (χ0v) is 13.7. The SMILES string of the molecule is CN(CC1CCCOC1)S(=O)(=O)c1ccc(CN)c(Cl)c1. The molecule has 1 aromatic carbocycles. The van der Waals surface area contributed by atoms with E-state index in [-0.39, 0.29) is 17.4 Å². The second-order valence-electron chi connectivity index (χ2n) is 5.33. The minimum Gasteiger partial charge on any atom is -0.381 e. The average molecular weight is 333 g/mol. The molecular formula is C14H21ClN2O3S. The van der Waals surface area contributed by atoms with Gasteiger partial charge in [0.1, 0.15) is 0 Å². The first-order valence-electron chi connectivity index (χ1n) is 6.97. The fourth-order valence-corrected chi connectivity index (χ4v) is 4.04. The van der Waals surface area contributed by atoms with E-state index in [0.717, 1.165) is 25.0 Å². The van der Waals surface area contributed by atoms with Gasteiger partial charge in [-0.05, 0) is 36.5 Å². The van der Waals surface area contributed by atoms with Crippen LogP contribution in [0.5, 0.6) is 0 Å². The Bertz CT molecular complexity index is 586. The molecule has 0 spiro atoms. The molecule has 0 saturated carbocycles. The minimum absolute atomic E-state index is 0.198. The molecular weight excluding hydrogens is 312 g/mol. The van der Waals surface area contributed by atoms with Crippen LogP contribution >= 0.6 is 11.6 Å². The maximum atomic E-state index is 12.6. The van der Waals surface area contributed by atoms with Gasteiger partial charge >= 0.3 is 0 Å². The van der Waals surface area contributed by atoms with Crippen molar-refractivity contribution in [2.75, 3.05) is 26.8 Å². The van der Waals surface area contributed by atoms with E-state index in [1.54, 1.807) is 19.2 Å². The molecule has 21 heavy (non-hydrogen) atoms. The van der Waals surface area contributed by atoms with Crippen molar-refractivity contribution in [3.05, 3.63) is 28.8 Å². The third-order valence-electron chi connectivity index (χ3n) is 3.72. The Morgan fingerprint density at radius 1 is 1.48 bits per heavy atom. The van der Waals surface area contributed by atoms with E-state index in [2.05, 4.69) is 0 Å². The van der Waals surface area contributed by atoms with Gasteiger partial charge in [0.05, 0.1) is 11.5 Å². The van der Waals surface area contributed by atoms with Gasteiger partial charge in [-0.1, -0.05) is 17.7 Å². The molecule has 118 valence electrons. The van der Waals surface area contributed by atoms with Crippen molar-refractivity contribution < 1.29 is 13.2 Å². The number of nitrogens with zero attached hydrogens (tertiary/aromatic N) is 1. The molecule has 0 bridgehead atoms. The Balaban J connectivity index is 2.14. The maximum Gasteiger partial charge on any atom is 0.242 e. The molecule has 0 aromatic heterocycles. The summed E-state index contributed by atoms with van der Waals surface area (Å²) in [4.78, 5) is 0.198. The quantitative estimate of drug-likeness (QED) is 0.893. The van der Waals surface area contributed by atoms with Gasteiger partial charge < -0.3 is 10.5 Å². The zero-order valence-electron chi connectivity index (χ0n) is 12.1. The summed E-state index contributed by atoms with van der Waals surface area (Å²) in [7, 11) is -1.94. The standard InChI is InChI=1S/C14H21ClN2O3S/c1-17(9-11-3-2-6-20-10-11)21(18,19)13-5-4-12(8-16)14(15)7-13/h4-5,7,11H,2-3,6,8-10,16H2,1H3. The smallest absolute Gasteiger partial charge is 0.242 e. The Labute approximate surface area is 131 Å². The number of benzene rings is 1. The van der Waals surface area contributed by atoms with Crippen LogP contribution in [0.1, 0.15) is 18.4 Å². The molecule has 1 unspecified atom stereocenters. The summed E-state index contributed by atoms with van der Waals surface area (Å²) in [6, 6.07) is 4.68. The van der Waals surface area contributed by atoms with Gasteiger partial charge in [-0.15, -0.1) is 0 Å². The third-order valence-corrected chi connectivity index (χ3v) is 5.89.